The molecule has 0 unspecified atom stereocenters. The second-order valence-corrected chi connectivity index (χ2v) is 15.7. The quantitative estimate of drug-likeness (QED) is 0.338. The molecule has 2 aromatic carbocycles. The molecule has 2 aliphatic carbocycles. The van der Waals surface area contributed by atoms with Gasteiger partial charge in [0.1, 0.15) is 0 Å². The fraction of sp³-hybridized carbons (Fsp3) is 0.583. The number of carboxylic acid groups (broad SMARTS) is 1. The van der Waals surface area contributed by atoms with Crippen LogP contribution in [-0.4, -0.2) is 41.0 Å². The Kier molecular flexibility index (Phi) is 7.72. The highest BCUT2D eigenvalue weighted by molar-refractivity contribution is 6.06. The van der Waals surface area contributed by atoms with Crippen molar-refractivity contribution in [1.29, 1.82) is 0 Å². The molecular weight excluding hydrogens is 538 g/mol. The van der Waals surface area contributed by atoms with Crippen LogP contribution in [-0.2, 0) is 26.5 Å². The largest absolute Gasteiger partial charge is 0.481 e. The third kappa shape index (κ3) is 5.80. The zero-order valence-electron chi connectivity index (χ0n) is 27.2. The summed E-state index contributed by atoms with van der Waals surface area (Å²) < 4.78 is 0. The fourth-order valence-corrected chi connectivity index (χ4v) is 7.47. The molecule has 1 fully saturated rings. The smallest absolute Gasteiger partial charge is 0.321 e. The maximum atomic E-state index is 13.9. The van der Waals surface area contributed by atoms with Gasteiger partial charge in [-0.3, -0.25) is 9.59 Å². The van der Waals surface area contributed by atoms with E-state index < -0.39 is 11.9 Å². The molecule has 0 saturated carbocycles. The standard InChI is InChI=1S/C36H49N3O4/c1-33(2)15-17-35(5,6)27-25(33)21-26-28(36(7,8)18-16-34(26,3)4)29(27)38-30(40)22-9-11-24(12-10-22)37-32(43)39-19-13-23(14-20-39)31(41)42/h9-12,21,23H,13-20H2,1-8H3,(H,37,43)(H,38,40)(H,41,42). The molecule has 1 heterocycles. The number of likely N-dealkylation sites (tertiary alicyclic amines) is 1. The van der Waals surface area contributed by atoms with Gasteiger partial charge in [-0.2, -0.15) is 0 Å². The van der Waals surface area contributed by atoms with Gasteiger partial charge in [0.2, 0.25) is 0 Å². The first-order valence-corrected chi connectivity index (χ1v) is 15.9. The summed E-state index contributed by atoms with van der Waals surface area (Å²) in [5.74, 6) is -1.34. The number of carbonyl (C=O) groups excluding carboxylic acids is 2. The second-order valence-electron chi connectivity index (χ2n) is 15.7. The Morgan fingerprint density at radius 2 is 1.19 bits per heavy atom. The average Bonchev–Trinajstić information content (AvgIpc) is 2.93. The van der Waals surface area contributed by atoms with Gasteiger partial charge in [0, 0.05) is 30.0 Å². The third-order valence-electron chi connectivity index (χ3n) is 10.7. The lowest BCUT2D eigenvalue weighted by atomic mass is 9.56. The molecule has 2 aromatic rings. The van der Waals surface area contributed by atoms with Crippen molar-refractivity contribution in [2.45, 2.75) is 116 Å². The Morgan fingerprint density at radius 1 is 0.721 bits per heavy atom. The number of carbonyl (C=O) groups is 3. The fourth-order valence-electron chi connectivity index (χ4n) is 7.47. The number of nitrogens with one attached hydrogen (secondary N) is 2. The molecule has 1 saturated heterocycles. The van der Waals surface area contributed by atoms with Crippen molar-refractivity contribution in [3.8, 4) is 0 Å². The van der Waals surface area contributed by atoms with Gasteiger partial charge >= 0.3 is 12.0 Å². The summed E-state index contributed by atoms with van der Waals surface area (Å²) in [6, 6.07) is 9.25. The number of carboxylic acids is 1. The van der Waals surface area contributed by atoms with Crippen molar-refractivity contribution in [1.82, 2.24) is 4.90 Å². The number of nitrogens with zero attached hydrogens (tertiary/aromatic N) is 1. The van der Waals surface area contributed by atoms with Gasteiger partial charge in [-0.05, 0) is 107 Å². The van der Waals surface area contributed by atoms with Crippen LogP contribution in [0.25, 0.3) is 0 Å². The summed E-state index contributed by atoms with van der Waals surface area (Å²) in [5.41, 5.74) is 7.27. The van der Waals surface area contributed by atoms with E-state index in [0.29, 0.717) is 37.2 Å². The molecule has 0 atom stereocenters. The van der Waals surface area contributed by atoms with Crippen molar-refractivity contribution < 1.29 is 19.5 Å². The molecule has 7 nitrogen and oxygen atoms in total. The van der Waals surface area contributed by atoms with Gasteiger partial charge in [0.05, 0.1) is 5.92 Å². The number of amides is 3. The van der Waals surface area contributed by atoms with Gasteiger partial charge in [-0.1, -0.05) is 61.5 Å². The summed E-state index contributed by atoms with van der Waals surface area (Å²) >= 11 is 0. The zero-order chi connectivity index (χ0) is 31.5. The van der Waals surface area contributed by atoms with E-state index in [0.717, 1.165) is 31.4 Å². The SMILES string of the molecule is CC1(C)CCC(C)(C)c2c1cc1c(c2NC(=O)c2ccc(NC(=O)N3CCC(C(=O)O)CC3)cc2)C(C)(C)CCC1(C)C. The maximum Gasteiger partial charge on any atom is 0.321 e. The predicted octanol–water partition coefficient (Wildman–Crippen LogP) is 7.97. The number of rotatable bonds is 4. The van der Waals surface area contributed by atoms with Crippen LogP contribution in [0.2, 0.25) is 0 Å². The lowest BCUT2D eigenvalue weighted by molar-refractivity contribution is -0.143. The number of hydrogen-bond donors (Lipinski definition) is 3. The average molecular weight is 588 g/mol. The summed E-state index contributed by atoms with van der Waals surface area (Å²) in [6.07, 6.45) is 5.23. The van der Waals surface area contributed by atoms with E-state index in [9.17, 15) is 19.5 Å². The minimum absolute atomic E-state index is 0.0137. The number of piperidine rings is 1. The van der Waals surface area contributed by atoms with Crippen LogP contribution in [0, 0.1) is 5.92 Å². The molecule has 1 aliphatic heterocycles. The second kappa shape index (κ2) is 10.7. The predicted molar refractivity (Wildman–Crippen MR) is 172 cm³/mol. The van der Waals surface area contributed by atoms with Crippen LogP contribution < -0.4 is 10.6 Å². The Hall–Kier alpha value is -3.35. The molecule has 0 radical (unpaired) electrons. The lowest BCUT2D eigenvalue weighted by Crippen LogP contribution is -2.42. The molecule has 43 heavy (non-hydrogen) atoms. The van der Waals surface area contributed by atoms with Crippen molar-refractivity contribution in [2.75, 3.05) is 23.7 Å². The lowest BCUT2D eigenvalue weighted by Gasteiger charge is -2.49. The first kappa shape index (κ1) is 31.1. The highest BCUT2D eigenvalue weighted by atomic mass is 16.4. The first-order valence-electron chi connectivity index (χ1n) is 15.9. The Bertz CT molecular complexity index is 1390. The molecule has 0 bridgehead atoms. The summed E-state index contributed by atoms with van der Waals surface area (Å²) in [5, 5.41) is 15.6. The molecule has 232 valence electrons. The van der Waals surface area contributed by atoms with Crippen LogP contribution >= 0.6 is 0 Å². The maximum absolute atomic E-state index is 13.9. The molecule has 0 aromatic heterocycles. The minimum atomic E-state index is -0.801. The minimum Gasteiger partial charge on any atom is -0.481 e. The number of urea groups is 1. The monoisotopic (exact) mass is 587 g/mol. The Labute approximate surface area is 256 Å². The van der Waals surface area contributed by atoms with Crippen LogP contribution in [0.3, 0.4) is 0 Å². The van der Waals surface area contributed by atoms with Crippen LogP contribution in [0.4, 0.5) is 16.2 Å². The van der Waals surface area contributed by atoms with Gasteiger partial charge in [0.25, 0.3) is 5.91 Å². The van der Waals surface area contributed by atoms with Crippen LogP contribution in [0.5, 0.6) is 0 Å². The van der Waals surface area contributed by atoms with Crippen LogP contribution in [0.15, 0.2) is 30.3 Å². The van der Waals surface area contributed by atoms with E-state index in [2.05, 4.69) is 72.1 Å². The topological polar surface area (TPSA) is 98.7 Å². The number of anilines is 2. The van der Waals surface area contributed by atoms with Crippen molar-refractivity contribution in [2.24, 2.45) is 5.92 Å². The van der Waals surface area contributed by atoms with Crippen molar-refractivity contribution in [3.63, 3.8) is 0 Å². The molecule has 3 amide bonds. The van der Waals surface area contributed by atoms with Gasteiger partial charge in [-0.15, -0.1) is 0 Å². The third-order valence-corrected chi connectivity index (χ3v) is 10.7. The van der Waals surface area contributed by atoms with Gasteiger partial charge < -0.3 is 20.6 Å². The van der Waals surface area contributed by atoms with Crippen molar-refractivity contribution in [3.05, 3.63) is 58.1 Å². The summed E-state index contributed by atoms with van der Waals surface area (Å²) in [6.45, 7) is 19.4. The Balaban J connectivity index is 1.44. The first-order chi connectivity index (χ1) is 19.9. The summed E-state index contributed by atoms with van der Waals surface area (Å²) in [4.78, 5) is 39.6. The highest BCUT2D eigenvalue weighted by Crippen LogP contribution is 2.56. The molecule has 3 N–H and O–H groups in total. The van der Waals surface area contributed by atoms with Gasteiger partial charge in [-0.25, -0.2) is 4.79 Å². The molecular formula is C36H49N3O4. The van der Waals surface area contributed by atoms with Crippen molar-refractivity contribution >= 4 is 29.3 Å². The van der Waals surface area contributed by atoms with Gasteiger partial charge in [0.15, 0.2) is 0 Å². The highest BCUT2D eigenvalue weighted by Gasteiger charge is 2.46. The number of fused-ring (bicyclic) bond motifs is 2. The molecule has 7 heteroatoms. The van der Waals surface area contributed by atoms with E-state index in [1.165, 1.54) is 22.3 Å². The number of benzene rings is 2. The normalized spacial score (nSPS) is 21.7. The van der Waals surface area contributed by atoms with E-state index in [1.807, 2.05) is 0 Å². The van der Waals surface area contributed by atoms with E-state index >= 15 is 0 Å². The Morgan fingerprint density at radius 3 is 1.65 bits per heavy atom. The number of hydrogen-bond acceptors (Lipinski definition) is 3. The summed E-state index contributed by atoms with van der Waals surface area (Å²) in [7, 11) is 0. The van der Waals surface area contributed by atoms with E-state index in [-0.39, 0.29) is 33.6 Å². The van der Waals surface area contributed by atoms with Crippen LogP contribution in [0.1, 0.15) is 127 Å². The molecule has 5 rings (SSSR count). The zero-order valence-corrected chi connectivity index (χ0v) is 27.2. The molecule has 3 aliphatic rings. The van der Waals surface area contributed by atoms with E-state index in [1.54, 1.807) is 29.2 Å². The molecule has 0 spiro atoms. The number of aliphatic carboxylic acids is 1. The van der Waals surface area contributed by atoms with E-state index in [4.69, 9.17) is 0 Å².